The molecule has 0 spiro atoms. The molecule has 0 saturated carbocycles. The zero-order chi connectivity index (χ0) is 17.1. The zero-order valence-corrected chi connectivity index (χ0v) is 14.4. The average Bonchev–Trinajstić information content (AvgIpc) is 2.59. The number of benzene rings is 3. The third-order valence-electron chi connectivity index (χ3n) is 4.22. The highest BCUT2D eigenvalue weighted by Crippen LogP contribution is 2.35. The summed E-state index contributed by atoms with van der Waals surface area (Å²) in [5.74, 6) is 0. The summed E-state index contributed by atoms with van der Waals surface area (Å²) in [4.78, 5) is 2.23. The van der Waals surface area contributed by atoms with Gasteiger partial charge in [0.15, 0.2) is 0 Å². The molecular weight excluding hydrogens is 294 g/mol. The van der Waals surface area contributed by atoms with Crippen LogP contribution in [0, 0.1) is 13.8 Å². The predicted molar refractivity (Wildman–Crippen MR) is 101 cm³/mol. The molecule has 1 N–H and O–H groups in total. The van der Waals surface area contributed by atoms with E-state index >= 15 is 0 Å². The number of anilines is 3. The third kappa shape index (κ3) is 3.50. The maximum atomic E-state index is 9.73. The lowest BCUT2D eigenvalue weighted by molar-refractivity contribution is 0.199. The Morgan fingerprint density at radius 1 is 0.625 bits per heavy atom. The molecule has 3 aromatic carbocycles. The molecule has 3 aromatic rings. The van der Waals surface area contributed by atoms with Crippen LogP contribution in [0.25, 0.3) is 0 Å². The SMILES string of the molecule is Cc1ccc(N(c2ccc(C)cc2)c2ccc(C(C)O)cc2)cc1. The topological polar surface area (TPSA) is 23.5 Å². The fourth-order valence-corrected chi connectivity index (χ4v) is 2.74. The average molecular weight is 317 g/mol. The van der Waals surface area contributed by atoms with Gasteiger partial charge >= 0.3 is 0 Å². The minimum Gasteiger partial charge on any atom is -0.389 e. The van der Waals surface area contributed by atoms with Gasteiger partial charge in [-0.25, -0.2) is 0 Å². The molecule has 0 heterocycles. The molecule has 1 unspecified atom stereocenters. The molecule has 0 aliphatic rings. The van der Waals surface area contributed by atoms with Crippen LogP contribution in [0.5, 0.6) is 0 Å². The molecule has 122 valence electrons. The Bertz CT molecular complexity index is 741. The number of hydrogen-bond donors (Lipinski definition) is 1. The molecule has 0 aliphatic heterocycles. The minimum atomic E-state index is -0.453. The molecule has 24 heavy (non-hydrogen) atoms. The van der Waals surface area contributed by atoms with Gasteiger partial charge in [-0.2, -0.15) is 0 Å². The van der Waals surface area contributed by atoms with Crippen LogP contribution in [0.3, 0.4) is 0 Å². The van der Waals surface area contributed by atoms with Crippen LogP contribution < -0.4 is 4.90 Å². The second kappa shape index (κ2) is 6.90. The van der Waals surface area contributed by atoms with E-state index in [1.54, 1.807) is 6.92 Å². The molecule has 1 atom stereocenters. The van der Waals surface area contributed by atoms with Gasteiger partial charge in [-0.05, 0) is 62.7 Å². The Kier molecular flexibility index (Phi) is 4.68. The summed E-state index contributed by atoms with van der Waals surface area (Å²) in [5.41, 5.74) is 6.72. The normalized spacial score (nSPS) is 12.0. The maximum absolute atomic E-state index is 9.73. The summed E-state index contributed by atoms with van der Waals surface area (Å²) >= 11 is 0. The summed E-state index contributed by atoms with van der Waals surface area (Å²) in [6.45, 7) is 5.97. The Hall–Kier alpha value is -2.58. The second-order valence-electron chi connectivity index (χ2n) is 6.27. The second-order valence-corrected chi connectivity index (χ2v) is 6.27. The van der Waals surface area contributed by atoms with E-state index in [2.05, 4.69) is 79.4 Å². The Morgan fingerprint density at radius 3 is 1.29 bits per heavy atom. The lowest BCUT2D eigenvalue weighted by Gasteiger charge is -2.26. The fourth-order valence-electron chi connectivity index (χ4n) is 2.74. The maximum Gasteiger partial charge on any atom is 0.0761 e. The molecule has 0 aromatic heterocycles. The first kappa shape index (κ1) is 16.3. The van der Waals surface area contributed by atoms with Crippen LogP contribution >= 0.6 is 0 Å². The first-order chi connectivity index (χ1) is 11.5. The van der Waals surface area contributed by atoms with Crippen molar-refractivity contribution in [3.63, 3.8) is 0 Å². The van der Waals surface area contributed by atoms with Crippen molar-refractivity contribution in [2.75, 3.05) is 4.90 Å². The molecular formula is C22H23NO. The molecule has 0 fully saturated rings. The van der Waals surface area contributed by atoms with E-state index in [0.29, 0.717) is 0 Å². The van der Waals surface area contributed by atoms with Crippen LogP contribution in [-0.4, -0.2) is 5.11 Å². The molecule has 0 saturated heterocycles. The smallest absolute Gasteiger partial charge is 0.0761 e. The Labute approximate surface area is 144 Å². The monoisotopic (exact) mass is 317 g/mol. The van der Waals surface area contributed by atoms with E-state index in [1.807, 2.05) is 12.1 Å². The minimum absolute atomic E-state index is 0.453. The van der Waals surface area contributed by atoms with Crippen molar-refractivity contribution in [2.24, 2.45) is 0 Å². The van der Waals surface area contributed by atoms with Crippen LogP contribution in [0.4, 0.5) is 17.1 Å². The molecule has 2 heteroatoms. The van der Waals surface area contributed by atoms with Crippen LogP contribution in [0.1, 0.15) is 29.7 Å². The molecule has 2 nitrogen and oxygen atoms in total. The first-order valence-corrected chi connectivity index (χ1v) is 8.26. The van der Waals surface area contributed by atoms with E-state index in [-0.39, 0.29) is 0 Å². The molecule has 0 aliphatic carbocycles. The van der Waals surface area contributed by atoms with Crippen molar-refractivity contribution < 1.29 is 5.11 Å². The Balaban J connectivity index is 2.07. The van der Waals surface area contributed by atoms with Crippen molar-refractivity contribution in [3.8, 4) is 0 Å². The van der Waals surface area contributed by atoms with E-state index in [0.717, 1.165) is 22.6 Å². The van der Waals surface area contributed by atoms with Gasteiger partial charge in [0, 0.05) is 17.1 Å². The quantitative estimate of drug-likeness (QED) is 0.654. The van der Waals surface area contributed by atoms with Crippen molar-refractivity contribution in [3.05, 3.63) is 89.5 Å². The summed E-state index contributed by atoms with van der Waals surface area (Å²) in [5, 5.41) is 9.73. The number of nitrogens with zero attached hydrogens (tertiary/aromatic N) is 1. The molecule has 0 amide bonds. The highest BCUT2D eigenvalue weighted by atomic mass is 16.3. The highest BCUT2D eigenvalue weighted by molar-refractivity contribution is 5.76. The van der Waals surface area contributed by atoms with E-state index < -0.39 is 6.10 Å². The van der Waals surface area contributed by atoms with E-state index in [4.69, 9.17) is 0 Å². The molecule has 0 radical (unpaired) electrons. The number of aliphatic hydroxyl groups is 1. The number of rotatable bonds is 4. The van der Waals surface area contributed by atoms with Gasteiger partial charge in [0.05, 0.1) is 6.10 Å². The number of aliphatic hydroxyl groups excluding tert-OH is 1. The summed E-state index contributed by atoms with van der Waals surface area (Å²) in [6, 6.07) is 25.1. The predicted octanol–water partition coefficient (Wildman–Crippen LogP) is 5.83. The lowest BCUT2D eigenvalue weighted by Crippen LogP contribution is -2.10. The standard InChI is InChI=1S/C22H23NO/c1-16-4-10-20(11-5-16)23(21-12-6-17(2)7-13-21)22-14-8-19(9-15-22)18(3)24/h4-15,18,24H,1-3H3. The van der Waals surface area contributed by atoms with Gasteiger partial charge in [-0.3, -0.25) is 0 Å². The van der Waals surface area contributed by atoms with Gasteiger partial charge in [0.1, 0.15) is 0 Å². The van der Waals surface area contributed by atoms with Gasteiger partial charge in [0.25, 0.3) is 0 Å². The first-order valence-electron chi connectivity index (χ1n) is 8.26. The fraction of sp³-hybridized carbons (Fsp3) is 0.182. The van der Waals surface area contributed by atoms with Crippen LogP contribution in [-0.2, 0) is 0 Å². The van der Waals surface area contributed by atoms with Crippen LogP contribution in [0.2, 0.25) is 0 Å². The van der Waals surface area contributed by atoms with E-state index in [1.165, 1.54) is 11.1 Å². The molecule has 0 bridgehead atoms. The van der Waals surface area contributed by atoms with Gasteiger partial charge < -0.3 is 10.0 Å². The zero-order valence-electron chi connectivity index (χ0n) is 14.4. The number of aryl methyl sites for hydroxylation is 2. The largest absolute Gasteiger partial charge is 0.389 e. The van der Waals surface area contributed by atoms with Crippen molar-refractivity contribution >= 4 is 17.1 Å². The lowest BCUT2D eigenvalue weighted by atomic mass is 10.1. The van der Waals surface area contributed by atoms with Gasteiger partial charge in [-0.1, -0.05) is 47.5 Å². The Morgan fingerprint density at radius 2 is 0.958 bits per heavy atom. The van der Waals surface area contributed by atoms with Gasteiger partial charge in [-0.15, -0.1) is 0 Å². The summed E-state index contributed by atoms with van der Waals surface area (Å²) < 4.78 is 0. The number of hydrogen-bond acceptors (Lipinski definition) is 2. The third-order valence-corrected chi connectivity index (χ3v) is 4.22. The summed E-state index contributed by atoms with van der Waals surface area (Å²) in [6.07, 6.45) is -0.453. The van der Waals surface area contributed by atoms with Crippen molar-refractivity contribution in [1.29, 1.82) is 0 Å². The molecule has 3 rings (SSSR count). The van der Waals surface area contributed by atoms with Crippen molar-refractivity contribution in [1.82, 2.24) is 0 Å². The van der Waals surface area contributed by atoms with Crippen molar-refractivity contribution in [2.45, 2.75) is 26.9 Å². The van der Waals surface area contributed by atoms with Gasteiger partial charge in [0.2, 0.25) is 0 Å². The van der Waals surface area contributed by atoms with E-state index in [9.17, 15) is 5.11 Å². The highest BCUT2D eigenvalue weighted by Gasteiger charge is 2.12. The summed E-state index contributed by atoms with van der Waals surface area (Å²) in [7, 11) is 0. The van der Waals surface area contributed by atoms with Crippen LogP contribution in [0.15, 0.2) is 72.8 Å².